The van der Waals surface area contributed by atoms with E-state index in [2.05, 4.69) is 18.9 Å². The zero-order valence-electron chi connectivity index (χ0n) is 19.1. The maximum Gasteiger partial charge on any atom is 0.316 e. The van der Waals surface area contributed by atoms with Crippen LogP contribution in [-0.2, 0) is 16.0 Å². The van der Waals surface area contributed by atoms with Crippen molar-refractivity contribution in [1.82, 2.24) is 4.90 Å². The maximum absolute atomic E-state index is 12.7. The number of ether oxygens (including phenoxy) is 2. The number of carbonyl (C=O) groups is 2. The Morgan fingerprint density at radius 1 is 1.00 bits per heavy atom. The second kappa shape index (κ2) is 7.42. The van der Waals surface area contributed by atoms with Crippen molar-refractivity contribution in [1.29, 1.82) is 0 Å². The van der Waals surface area contributed by atoms with Crippen LogP contribution in [0, 0.1) is 23.7 Å². The number of benzene rings is 1. The van der Waals surface area contributed by atoms with E-state index in [-0.39, 0.29) is 11.9 Å². The number of esters is 2. The second-order valence-corrected chi connectivity index (χ2v) is 10.8. The van der Waals surface area contributed by atoms with Gasteiger partial charge in [-0.25, -0.2) is 0 Å². The first-order valence-electron chi connectivity index (χ1n) is 10.6. The second-order valence-electron chi connectivity index (χ2n) is 10.8. The highest BCUT2D eigenvalue weighted by atomic mass is 16.6. The average Bonchev–Trinajstić information content (AvgIpc) is 2.95. The number of rotatable bonds is 2. The Kier molecular flexibility index (Phi) is 5.59. The molecule has 0 spiro atoms. The summed E-state index contributed by atoms with van der Waals surface area (Å²) in [7, 11) is 2.16. The Morgan fingerprint density at radius 2 is 1.59 bits per heavy atom. The molecule has 1 heterocycles. The molecule has 0 saturated carbocycles. The van der Waals surface area contributed by atoms with Gasteiger partial charge in [-0.3, -0.25) is 9.59 Å². The van der Waals surface area contributed by atoms with Crippen LogP contribution in [0.25, 0.3) is 0 Å². The van der Waals surface area contributed by atoms with E-state index in [1.54, 1.807) is 0 Å². The van der Waals surface area contributed by atoms with Gasteiger partial charge in [-0.1, -0.05) is 0 Å². The molecule has 2 aliphatic rings. The predicted molar refractivity (Wildman–Crippen MR) is 113 cm³/mol. The van der Waals surface area contributed by atoms with Crippen LogP contribution < -0.4 is 9.47 Å². The molecule has 1 fully saturated rings. The van der Waals surface area contributed by atoms with Gasteiger partial charge in [-0.15, -0.1) is 0 Å². The van der Waals surface area contributed by atoms with E-state index in [0.717, 1.165) is 37.1 Å². The minimum Gasteiger partial charge on any atom is -0.422 e. The molecule has 160 valence electrons. The summed E-state index contributed by atoms with van der Waals surface area (Å²) in [6.07, 6.45) is 1.89. The quantitative estimate of drug-likeness (QED) is 0.540. The largest absolute Gasteiger partial charge is 0.422 e. The summed E-state index contributed by atoms with van der Waals surface area (Å²) in [4.78, 5) is 27.7. The van der Waals surface area contributed by atoms with Crippen LogP contribution in [0.15, 0.2) is 6.07 Å². The number of fused-ring (bicyclic) bond motifs is 3. The molecule has 0 amide bonds. The minimum absolute atomic E-state index is 0.317. The van der Waals surface area contributed by atoms with E-state index in [1.807, 2.05) is 47.6 Å². The Labute approximate surface area is 174 Å². The van der Waals surface area contributed by atoms with Crippen LogP contribution in [0.3, 0.4) is 0 Å². The zero-order valence-corrected chi connectivity index (χ0v) is 19.1. The van der Waals surface area contributed by atoms with Crippen molar-refractivity contribution in [3.8, 4) is 11.5 Å². The third-order valence-electron chi connectivity index (χ3n) is 5.98. The van der Waals surface area contributed by atoms with E-state index in [4.69, 9.17) is 9.47 Å². The number of carbonyl (C=O) groups excluding carboxylic acids is 2. The van der Waals surface area contributed by atoms with Crippen molar-refractivity contribution in [3.05, 3.63) is 22.8 Å². The third kappa shape index (κ3) is 4.35. The van der Waals surface area contributed by atoms with E-state index < -0.39 is 10.8 Å². The molecule has 0 bridgehead atoms. The summed E-state index contributed by atoms with van der Waals surface area (Å²) in [5.41, 5.74) is 2.13. The smallest absolute Gasteiger partial charge is 0.316 e. The van der Waals surface area contributed by atoms with Crippen LogP contribution >= 0.6 is 0 Å². The SMILES string of the molecule is Cc1cc(OC(=O)C(C)(C)C)c(OC(=O)C(C)(C)C)c2c1[C@@H]1CN(C)C[C@@H]1CC2. The van der Waals surface area contributed by atoms with E-state index in [1.165, 1.54) is 5.56 Å². The summed E-state index contributed by atoms with van der Waals surface area (Å²) in [6, 6.07) is 1.88. The van der Waals surface area contributed by atoms with Crippen LogP contribution in [0.4, 0.5) is 0 Å². The Bertz CT molecular complexity index is 829. The summed E-state index contributed by atoms with van der Waals surface area (Å²) < 4.78 is 11.7. The molecule has 1 aromatic carbocycles. The number of likely N-dealkylation sites (tertiary alicyclic amines) is 1. The van der Waals surface area contributed by atoms with Crippen LogP contribution in [0.5, 0.6) is 11.5 Å². The van der Waals surface area contributed by atoms with Gasteiger partial charge in [0.15, 0.2) is 11.5 Å². The summed E-state index contributed by atoms with van der Waals surface area (Å²) in [5, 5.41) is 0. The number of hydrogen-bond acceptors (Lipinski definition) is 5. The summed E-state index contributed by atoms with van der Waals surface area (Å²) >= 11 is 0. The fourth-order valence-corrected chi connectivity index (χ4v) is 4.34. The first kappa shape index (κ1) is 21.8. The molecule has 1 aliphatic carbocycles. The zero-order chi connectivity index (χ0) is 21.7. The van der Waals surface area contributed by atoms with Crippen molar-refractivity contribution in [2.75, 3.05) is 20.1 Å². The maximum atomic E-state index is 12.7. The van der Waals surface area contributed by atoms with E-state index >= 15 is 0 Å². The monoisotopic (exact) mass is 401 g/mol. The van der Waals surface area contributed by atoms with Gasteiger partial charge in [0.05, 0.1) is 10.8 Å². The lowest BCUT2D eigenvalue weighted by Gasteiger charge is -2.32. The standard InChI is InChI=1S/C24H35NO4/c1-14-11-18(28-21(26)23(2,3)4)20(29-22(27)24(5,6)7)16-10-9-15-12-25(8)13-17(15)19(14)16/h11,15,17H,9-10,12-13H2,1-8H3/t15-,17+/m0/s1. The van der Waals surface area contributed by atoms with Crippen molar-refractivity contribution in [2.24, 2.45) is 16.7 Å². The molecule has 0 radical (unpaired) electrons. The Morgan fingerprint density at radius 3 is 2.17 bits per heavy atom. The van der Waals surface area contributed by atoms with Crippen molar-refractivity contribution in [3.63, 3.8) is 0 Å². The molecule has 1 saturated heterocycles. The average molecular weight is 402 g/mol. The molecule has 0 aromatic heterocycles. The van der Waals surface area contributed by atoms with Crippen LogP contribution in [0.2, 0.25) is 0 Å². The molecule has 0 N–H and O–H groups in total. The molecule has 29 heavy (non-hydrogen) atoms. The lowest BCUT2D eigenvalue weighted by Crippen LogP contribution is -2.29. The van der Waals surface area contributed by atoms with E-state index in [0.29, 0.717) is 23.3 Å². The lowest BCUT2D eigenvalue weighted by atomic mass is 9.75. The normalized spacial score (nSPS) is 22.1. The van der Waals surface area contributed by atoms with Gasteiger partial charge in [0.25, 0.3) is 0 Å². The Hall–Kier alpha value is -1.88. The topological polar surface area (TPSA) is 55.8 Å². The van der Waals surface area contributed by atoms with Crippen LogP contribution in [-0.4, -0.2) is 37.0 Å². The molecule has 1 aromatic rings. The number of aryl methyl sites for hydroxylation is 1. The molecule has 2 atom stereocenters. The predicted octanol–water partition coefficient (Wildman–Crippen LogP) is 4.49. The minimum atomic E-state index is -0.645. The van der Waals surface area contributed by atoms with Crippen LogP contribution in [0.1, 0.15) is 70.6 Å². The molecular weight excluding hydrogens is 366 g/mol. The molecule has 5 nitrogen and oxygen atoms in total. The van der Waals surface area contributed by atoms with Gasteiger partial charge in [-0.05, 0) is 91.5 Å². The van der Waals surface area contributed by atoms with Gasteiger partial charge in [0.1, 0.15) is 0 Å². The fraction of sp³-hybridized carbons (Fsp3) is 0.667. The molecular formula is C24H35NO4. The van der Waals surface area contributed by atoms with E-state index in [9.17, 15) is 9.59 Å². The third-order valence-corrected chi connectivity index (χ3v) is 5.98. The number of hydrogen-bond donors (Lipinski definition) is 0. The molecule has 0 unspecified atom stereocenters. The number of nitrogens with zero attached hydrogens (tertiary/aromatic N) is 1. The van der Waals surface area contributed by atoms with Gasteiger partial charge in [-0.2, -0.15) is 0 Å². The highest BCUT2D eigenvalue weighted by molar-refractivity contribution is 5.82. The fourth-order valence-electron chi connectivity index (χ4n) is 4.34. The number of likely N-dealkylation sites (N-methyl/N-ethyl adjacent to an activating group) is 1. The lowest BCUT2D eigenvalue weighted by molar-refractivity contribution is -0.145. The van der Waals surface area contributed by atoms with Crippen molar-refractivity contribution >= 4 is 11.9 Å². The highest BCUT2D eigenvalue weighted by Crippen LogP contribution is 2.49. The van der Waals surface area contributed by atoms with Gasteiger partial charge >= 0.3 is 11.9 Å². The highest BCUT2D eigenvalue weighted by Gasteiger charge is 2.40. The first-order chi connectivity index (χ1) is 13.3. The van der Waals surface area contributed by atoms with Crippen molar-refractivity contribution < 1.29 is 19.1 Å². The Balaban J connectivity index is 2.10. The van der Waals surface area contributed by atoms with Gasteiger partial charge in [0, 0.05) is 24.6 Å². The summed E-state index contributed by atoms with van der Waals surface area (Å²) in [6.45, 7) is 15.1. The molecule has 1 aliphatic heterocycles. The first-order valence-corrected chi connectivity index (χ1v) is 10.6. The molecule has 3 rings (SSSR count). The van der Waals surface area contributed by atoms with Crippen molar-refractivity contribution in [2.45, 2.75) is 67.2 Å². The summed E-state index contributed by atoms with van der Waals surface area (Å²) in [5.74, 6) is 1.21. The molecule has 5 heteroatoms. The van der Waals surface area contributed by atoms with Gasteiger partial charge in [0.2, 0.25) is 0 Å². The van der Waals surface area contributed by atoms with Gasteiger partial charge < -0.3 is 14.4 Å².